The second-order valence-corrected chi connectivity index (χ2v) is 6.64. The van der Waals surface area contributed by atoms with E-state index in [2.05, 4.69) is 60.4 Å². The average Bonchev–Trinajstić information content (AvgIpc) is 2.52. The summed E-state index contributed by atoms with van der Waals surface area (Å²) in [5.41, 5.74) is 2.61. The van der Waals surface area contributed by atoms with Crippen molar-refractivity contribution in [2.45, 2.75) is 38.3 Å². The van der Waals surface area contributed by atoms with Gasteiger partial charge in [0.05, 0.1) is 6.10 Å². The van der Waals surface area contributed by atoms with Crippen LogP contribution in [0.4, 0.5) is 5.69 Å². The lowest BCUT2D eigenvalue weighted by Crippen LogP contribution is -2.35. The average molecular weight is 305 g/mol. The summed E-state index contributed by atoms with van der Waals surface area (Å²) in [5, 5.41) is 13.2. The Balaban J connectivity index is 1.80. The molecule has 4 nitrogen and oxygen atoms in total. The van der Waals surface area contributed by atoms with Crippen LogP contribution in [0.3, 0.4) is 0 Å². The lowest BCUT2D eigenvalue weighted by molar-refractivity contribution is 0.145. The molecule has 4 heteroatoms. The van der Waals surface area contributed by atoms with Gasteiger partial charge in [-0.3, -0.25) is 0 Å². The van der Waals surface area contributed by atoms with Crippen molar-refractivity contribution in [3.63, 3.8) is 0 Å². The summed E-state index contributed by atoms with van der Waals surface area (Å²) >= 11 is 0. The number of hydrogen-bond donors (Lipinski definition) is 2. The summed E-state index contributed by atoms with van der Waals surface area (Å²) in [7, 11) is 4.23. The van der Waals surface area contributed by atoms with Crippen LogP contribution >= 0.6 is 0 Å². The monoisotopic (exact) mass is 305 g/mol. The molecule has 1 fully saturated rings. The number of aliphatic hydroxyl groups excluding tert-OH is 1. The third-order valence-corrected chi connectivity index (χ3v) is 4.46. The molecule has 0 aromatic heterocycles. The van der Waals surface area contributed by atoms with E-state index in [0.717, 1.165) is 39.0 Å². The first-order chi connectivity index (χ1) is 10.6. The van der Waals surface area contributed by atoms with E-state index in [1.807, 2.05) is 0 Å². The zero-order chi connectivity index (χ0) is 15.9. The van der Waals surface area contributed by atoms with Crippen LogP contribution in [0.5, 0.6) is 0 Å². The molecule has 124 valence electrons. The standard InChI is InChI=1S/C18H31N3O/c1-15(19-11-4-12-20(2)3)16-5-7-17(8-6-16)21-13-9-18(22)10-14-21/h5-8,15,18-19,22H,4,9-14H2,1-3H3. The van der Waals surface area contributed by atoms with Gasteiger partial charge in [0.1, 0.15) is 0 Å². The van der Waals surface area contributed by atoms with Gasteiger partial charge >= 0.3 is 0 Å². The Morgan fingerprint density at radius 2 is 1.86 bits per heavy atom. The predicted molar refractivity (Wildman–Crippen MR) is 93.5 cm³/mol. The molecule has 1 saturated heterocycles. The van der Waals surface area contributed by atoms with Gasteiger partial charge in [0.25, 0.3) is 0 Å². The van der Waals surface area contributed by atoms with E-state index in [4.69, 9.17) is 0 Å². The van der Waals surface area contributed by atoms with E-state index >= 15 is 0 Å². The van der Waals surface area contributed by atoms with Crippen LogP contribution in [0.15, 0.2) is 24.3 Å². The van der Waals surface area contributed by atoms with Gasteiger partial charge in [0.2, 0.25) is 0 Å². The minimum atomic E-state index is -0.109. The first kappa shape index (κ1) is 17.3. The Hall–Kier alpha value is -1.10. The molecule has 1 atom stereocenters. The van der Waals surface area contributed by atoms with Gasteiger partial charge in [-0.05, 0) is 71.1 Å². The number of hydrogen-bond acceptors (Lipinski definition) is 4. The highest BCUT2D eigenvalue weighted by Gasteiger charge is 2.17. The summed E-state index contributed by atoms with van der Waals surface area (Å²) in [6, 6.07) is 9.27. The third-order valence-electron chi connectivity index (χ3n) is 4.46. The number of nitrogens with one attached hydrogen (secondary N) is 1. The van der Waals surface area contributed by atoms with Crippen molar-refractivity contribution >= 4 is 5.69 Å². The molecule has 0 spiro atoms. The topological polar surface area (TPSA) is 38.7 Å². The molecule has 0 saturated carbocycles. The largest absolute Gasteiger partial charge is 0.393 e. The van der Waals surface area contributed by atoms with Crippen molar-refractivity contribution in [3.05, 3.63) is 29.8 Å². The van der Waals surface area contributed by atoms with Crippen molar-refractivity contribution in [2.24, 2.45) is 0 Å². The maximum absolute atomic E-state index is 9.59. The second-order valence-electron chi connectivity index (χ2n) is 6.64. The number of rotatable bonds is 7. The smallest absolute Gasteiger partial charge is 0.0574 e. The predicted octanol–water partition coefficient (Wildman–Crippen LogP) is 2.25. The molecule has 1 aromatic rings. The van der Waals surface area contributed by atoms with Gasteiger partial charge in [-0.25, -0.2) is 0 Å². The van der Waals surface area contributed by atoms with Crippen molar-refractivity contribution < 1.29 is 5.11 Å². The van der Waals surface area contributed by atoms with Gasteiger partial charge in [0, 0.05) is 24.8 Å². The highest BCUT2D eigenvalue weighted by molar-refractivity contribution is 5.48. The molecule has 22 heavy (non-hydrogen) atoms. The first-order valence-corrected chi connectivity index (χ1v) is 8.47. The molecule has 1 aliphatic heterocycles. The molecule has 1 aromatic carbocycles. The van der Waals surface area contributed by atoms with Gasteiger partial charge < -0.3 is 20.2 Å². The van der Waals surface area contributed by atoms with E-state index in [1.165, 1.54) is 17.7 Å². The maximum Gasteiger partial charge on any atom is 0.0574 e. The van der Waals surface area contributed by atoms with Crippen LogP contribution in [-0.4, -0.2) is 56.4 Å². The van der Waals surface area contributed by atoms with Gasteiger partial charge in [0.15, 0.2) is 0 Å². The van der Waals surface area contributed by atoms with E-state index in [-0.39, 0.29) is 6.10 Å². The molecule has 2 rings (SSSR count). The molecule has 0 amide bonds. The van der Waals surface area contributed by atoms with Crippen molar-refractivity contribution in [2.75, 3.05) is 45.2 Å². The first-order valence-electron chi connectivity index (χ1n) is 8.47. The zero-order valence-corrected chi connectivity index (χ0v) is 14.3. The Morgan fingerprint density at radius 1 is 1.23 bits per heavy atom. The van der Waals surface area contributed by atoms with Gasteiger partial charge in [-0.2, -0.15) is 0 Å². The Labute approximate surface area is 135 Å². The molecule has 0 bridgehead atoms. The van der Waals surface area contributed by atoms with Crippen molar-refractivity contribution in [3.8, 4) is 0 Å². The van der Waals surface area contributed by atoms with Crippen LogP contribution < -0.4 is 10.2 Å². The summed E-state index contributed by atoms with van der Waals surface area (Å²) in [6.07, 6.45) is 2.82. The fourth-order valence-electron chi connectivity index (χ4n) is 2.93. The maximum atomic E-state index is 9.59. The number of anilines is 1. The zero-order valence-electron chi connectivity index (χ0n) is 14.3. The minimum absolute atomic E-state index is 0.109. The van der Waals surface area contributed by atoms with E-state index in [1.54, 1.807) is 0 Å². The van der Waals surface area contributed by atoms with E-state index < -0.39 is 0 Å². The van der Waals surface area contributed by atoms with Crippen LogP contribution in [-0.2, 0) is 0 Å². The van der Waals surface area contributed by atoms with E-state index in [9.17, 15) is 5.11 Å². The number of benzene rings is 1. The van der Waals surface area contributed by atoms with Gasteiger partial charge in [-0.15, -0.1) is 0 Å². The Bertz CT molecular complexity index is 424. The molecular weight excluding hydrogens is 274 g/mol. The van der Waals surface area contributed by atoms with Crippen LogP contribution in [0.25, 0.3) is 0 Å². The molecule has 2 N–H and O–H groups in total. The van der Waals surface area contributed by atoms with Gasteiger partial charge in [-0.1, -0.05) is 12.1 Å². The Morgan fingerprint density at radius 3 is 2.45 bits per heavy atom. The molecular formula is C18H31N3O. The van der Waals surface area contributed by atoms with Crippen LogP contribution in [0, 0.1) is 0 Å². The SMILES string of the molecule is CC(NCCCN(C)C)c1ccc(N2CCC(O)CC2)cc1. The number of nitrogens with zero attached hydrogens (tertiary/aromatic N) is 2. The quantitative estimate of drug-likeness (QED) is 0.758. The number of aliphatic hydroxyl groups is 1. The number of piperidine rings is 1. The lowest BCUT2D eigenvalue weighted by Gasteiger charge is -2.31. The molecule has 0 aliphatic carbocycles. The minimum Gasteiger partial charge on any atom is -0.393 e. The summed E-state index contributed by atoms with van der Waals surface area (Å²) in [4.78, 5) is 4.59. The molecule has 1 heterocycles. The fraction of sp³-hybridized carbons (Fsp3) is 0.667. The lowest BCUT2D eigenvalue weighted by atomic mass is 10.0. The fourth-order valence-corrected chi connectivity index (χ4v) is 2.93. The van der Waals surface area contributed by atoms with Crippen LogP contribution in [0.2, 0.25) is 0 Å². The van der Waals surface area contributed by atoms with Crippen molar-refractivity contribution in [1.29, 1.82) is 0 Å². The highest BCUT2D eigenvalue weighted by Crippen LogP contribution is 2.22. The second kappa shape index (κ2) is 8.51. The molecule has 1 unspecified atom stereocenters. The summed E-state index contributed by atoms with van der Waals surface area (Å²) in [5.74, 6) is 0. The highest BCUT2D eigenvalue weighted by atomic mass is 16.3. The summed E-state index contributed by atoms with van der Waals surface area (Å²) < 4.78 is 0. The molecule has 0 radical (unpaired) electrons. The summed E-state index contributed by atoms with van der Waals surface area (Å²) in [6.45, 7) is 6.31. The van der Waals surface area contributed by atoms with E-state index in [0.29, 0.717) is 6.04 Å². The third kappa shape index (κ3) is 5.27. The normalized spacial score (nSPS) is 18.0. The molecule has 1 aliphatic rings. The van der Waals surface area contributed by atoms with Crippen LogP contribution in [0.1, 0.15) is 37.8 Å². The Kier molecular flexibility index (Phi) is 6.68. The van der Waals surface area contributed by atoms with Crippen molar-refractivity contribution in [1.82, 2.24) is 10.2 Å².